The Morgan fingerprint density at radius 1 is 1.43 bits per heavy atom. The molecule has 1 rings (SSSR count). The summed E-state index contributed by atoms with van der Waals surface area (Å²) in [5.74, 6) is 0.989. The van der Waals surface area contributed by atoms with Crippen molar-refractivity contribution in [3.8, 4) is 0 Å². The molecule has 4 N–H and O–H groups in total. The summed E-state index contributed by atoms with van der Waals surface area (Å²) >= 11 is 0. The monoisotopic (exact) mass is 200 g/mol. The largest absolute Gasteiger partial charge is 0.370 e. The van der Waals surface area contributed by atoms with Gasteiger partial charge in [-0.25, -0.2) is 0 Å². The van der Waals surface area contributed by atoms with E-state index in [2.05, 4.69) is 5.32 Å². The number of piperidine rings is 1. The van der Waals surface area contributed by atoms with Crippen molar-refractivity contribution in [2.75, 3.05) is 26.7 Å². The van der Waals surface area contributed by atoms with E-state index < -0.39 is 0 Å². The van der Waals surface area contributed by atoms with Crippen LogP contribution in [0.3, 0.4) is 0 Å². The minimum Gasteiger partial charge on any atom is -0.370 e. The lowest BCUT2D eigenvalue weighted by Gasteiger charge is -2.31. The van der Waals surface area contributed by atoms with Crippen LogP contribution in [-0.4, -0.2) is 37.5 Å². The molecule has 1 aliphatic rings. The van der Waals surface area contributed by atoms with Crippen molar-refractivity contribution >= 4 is 5.96 Å². The first kappa shape index (κ1) is 13.2. The fourth-order valence-electron chi connectivity index (χ4n) is 1.67. The molecule has 0 saturated carbocycles. The van der Waals surface area contributed by atoms with E-state index in [0.717, 1.165) is 38.4 Å². The molecule has 0 aliphatic carbocycles. The molecular formula is C10H24N4. The van der Waals surface area contributed by atoms with E-state index >= 15 is 0 Å². The molecule has 0 atom stereocenters. The molecular weight excluding hydrogens is 176 g/mol. The molecule has 1 heterocycles. The number of rotatable bonds is 2. The molecule has 1 saturated heterocycles. The third kappa shape index (κ3) is 4.46. The molecule has 1 aliphatic heterocycles. The minimum absolute atomic E-state index is 0.220. The van der Waals surface area contributed by atoms with Gasteiger partial charge in [0.2, 0.25) is 0 Å². The van der Waals surface area contributed by atoms with Gasteiger partial charge in [-0.1, -0.05) is 13.8 Å². The van der Waals surface area contributed by atoms with E-state index in [1.165, 1.54) is 0 Å². The highest BCUT2D eigenvalue weighted by Gasteiger charge is 2.18. The van der Waals surface area contributed by atoms with Crippen LogP contribution in [0.15, 0.2) is 0 Å². The molecule has 0 spiro atoms. The molecule has 0 radical (unpaired) electrons. The van der Waals surface area contributed by atoms with Crippen LogP contribution in [0.1, 0.15) is 26.7 Å². The number of nitrogens with two attached hydrogens (primary N) is 1. The van der Waals surface area contributed by atoms with Gasteiger partial charge in [-0.2, -0.15) is 0 Å². The summed E-state index contributed by atoms with van der Waals surface area (Å²) in [4.78, 5) is 1.94. The quantitative estimate of drug-likeness (QED) is 0.457. The van der Waals surface area contributed by atoms with E-state index in [9.17, 15) is 0 Å². The maximum Gasteiger partial charge on any atom is 0.188 e. The molecule has 84 valence electrons. The van der Waals surface area contributed by atoms with Crippen molar-refractivity contribution in [1.29, 1.82) is 5.41 Å². The maximum absolute atomic E-state index is 7.24. The predicted molar refractivity (Wildman–Crippen MR) is 61.5 cm³/mol. The van der Waals surface area contributed by atoms with Crippen LogP contribution in [0, 0.1) is 11.3 Å². The van der Waals surface area contributed by atoms with Crippen molar-refractivity contribution < 1.29 is 0 Å². The normalized spacial score (nSPS) is 17.2. The van der Waals surface area contributed by atoms with E-state index in [0.29, 0.717) is 0 Å². The summed E-state index contributed by atoms with van der Waals surface area (Å²) < 4.78 is 0. The zero-order chi connectivity index (χ0) is 11.0. The van der Waals surface area contributed by atoms with Gasteiger partial charge in [-0.15, -0.1) is 0 Å². The summed E-state index contributed by atoms with van der Waals surface area (Å²) in [6.45, 7) is 6.98. The number of likely N-dealkylation sites (tertiary alicyclic amines) is 1. The Morgan fingerprint density at radius 3 is 2.29 bits per heavy atom. The molecule has 4 nitrogen and oxygen atoms in total. The van der Waals surface area contributed by atoms with Crippen LogP contribution in [0.2, 0.25) is 0 Å². The number of guanidine groups is 1. The summed E-state index contributed by atoms with van der Waals surface area (Å²) in [6.07, 6.45) is 2.31. The van der Waals surface area contributed by atoms with Gasteiger partial charge in [-0.3, -0.25) is 5.41 Å². The fourth-order valence-corrected chi connectivity index (χ4v) is 1.67. The first-order valence-corrected chi connectivity index (χ1v) is 5.47. The molecule has 0 aromatic rings. The zero-order valence-electron chi connectivity index (χ0n) is 9.64. The number of hydrogen-bond donors (Lipinski definition) is 3. The van der Waals surface area contributed by atoms with Gasteiger partial charge in [0.05, 0.1) is 0 Å². The van der Waals surface area contributed by atoms with Crippen molar-refractivity contribution in [3.63, 3.8) is 0 Å². The molecule has 0 aromatic heterocycles. The fraction of sp³-hybridized carbons (Fsp3) is 0.900. The van der Waals surface area contributed by atoms with Gasteiger partial charge >= 0.3 is 0 Å². The van der Waals surface area contributed by atoms with E-state index in [1.54, 1.807) is 0 Å². The lowest BCUT2D eigenvalue weighted by molar-refractivity contribution is 0.260. The van der Waals surface area contributed by atoms with Gasteiger partial charge in [0.1, 0.15) is 0 Å². The van der Waals surface area contributed by atoms with Crippen LogP contribution in [-0.2, 0) is 0 Å². The standard InChI is InChI=1S/C8H18N4.C2H6/c1-11-6-7-2-4-12(5-3-7)8(9)10;1-2/h7,11H,2-6H2,1H3,(H3,9,10);1-2H3. The van der Waals surface area contributed by atoms with Crippen molar-refractivity contribution in [1.82, 2.24) is 10.2 Å². The number of hydrogen-bond acceptors (Lipinski definition) is 2. The number of nitrogens with zero attached hydrogens (tertiary/aromatic N) is 1. The van der Waals surface area contributed by atoms with Gasteiger partial charge in [0.15, 0.2) is 5.96 Å². The molecule has 14 heavy (non-hydrogen) atoms. The molecule has 0 aromatic carbocycles. The van der Waals surface area contributed by atoms with E-state index in [1.807, 2.05) is 25.8 Å². The Hall–Kier alpha value is -0.770. The first-order chi connectivity index (χ1) is 6.74. The third-order valence-corrected chi connectivity index (χ3v) is 2.45. The Balaban J connectivity index is 0.000000791. The van der Waals surface area contributed by atoms with Gasteiger partial charge < -0.3 is 16.0 Å². The van der Waals surface area contributed by atoms with Crippen LogP contribution >= 0.6 is 0 Å². The minimum atomic E-state index is 0.220. The van der Waals surface area contributed by atoms with Crippen LogP contribution in [0.25, 0.3) is 0 Å². The van der Waals surface area contributed by atoms with Crippen molar-refractivity contribution in [2.45, 2.75) is 26.7 Å². The third-order valence-electron chi connectivity index (χ3n) is 2.45. The number of nitrogens with one attached hydrogen (secondary N) is 2. The second-order valence-corrected chi connectivity index (χ2v) is 3.37. The van der Waals surface area contributed by atoms with Crippen LogP contribution in [0.5, 0.6) is 0 Å². The zero-order valence-corrected chi connectivity index (χ0v) is 9.64. The lowest BCUT2D eigenvalue weighted by Crippen LogP contribution is -2.43. The molecule has 0 bridgehead atoms. The van der Waals surface area contributed by atoms with Gasteiger partial charge in [-0.05, 0) is 32.4 Å². The Bertz CT molecular complexity index is 150. The Kier molecular flexibility index (Phi) is 7.20. The van der Waals surface area contributed by atoms with E-state index in [4.69, 9.17) is 11.1 Å². The van der Waals surface area contributed by atoms with E-state index in [-0.39, 0.29) is 5.96 Å². The van der Waals surface area contributed by atoms with Gasteiger partial charge in [0, 0.05) is 13.1 Å². The predicted octanol–water partition coefficient (Wildman–Crippen LogP) is 0.837. The average Bonchev–Trinajstić information content (AvgIpc) is 2.22. The topological polar surface area (TPSA) is 65.1 Å². The van der Waals surface area contributed by atoms with Crippen LogP contribution < -0.4 is 11.1 Å². The highest BCUT2D eigenvalue weighted by molar-refractivity contribution is 5.74. The molecule has 0 amide bonds. The summed E-state index contributed by atoms with van der Waals surface area (Å²) in [7, 11) is 1.98. The summed E-state index contributed by atoms with van der Waals surface area (Å²) in [5, 5.41) is 10.4. The second-order valence-electron chi connectivity index (χ2n) is 3.37. The SMILES string of the molecule is CC.CNCC1CCN(C(=N)N)CC1. The summed E-state index contributed by atoms with van der Waals surface area (Å²) in [5.41, 5.74) is 5.38. The molecule has 4 heteroatoms. The average molecular weight is 200 g/mol. The smallest absolute Gasteiger partial charge is 0.188 e. The Morgan fingerprint density at radius 2 is 1.93 bits per heavy atom. The van der Waals surface area contributed by atoms with Gasteiger partial charge in [0.25, 0.3) is 0 Å². The highest BCUT2D eigenvalue weighted by atomic mass is 15.2. The first-order valence-electron chi connectivity index (χ1n) is 5.47. The second kappa shape index (κ2) is 7.62. The van der Waals surface area contributed by atoms with Crippen molar-refractivity contribution in [2.24, 2.45) is 11.7 Å². The molecule has 1 fully saturated rings. The Labute approximate surface area is 87.4 Å². The highest BCUT2D eigenvalue weighted by Crippen LogP contribution is 2.15. The van der Waals surface area contributed by atoms with Crippen molar-refractivity contribution in [3.05, 3.63) is 0 Å². The summed E-state index contributed by atoms with van der Waals surface area (Å²) in [6, 6.07) is 0. The van der Waals surface area contributed by atoms with Crippen LogP contribution in [0.4, 0.5) is 0 Å². The maximum atomic E-state index is 7.24. The lowest BCUT2D eigenvalue weighted by atomic mass is 9.97. The molecule has 0 unspecified atom stereocenters.